The summed E-state index contributed by atoms with van der Waals surface area (Å²) in [5, 5.41) is 5.35. The number of nitrogens with one attached hydrogen (secondary N) is 2. The number of rotatable bonds is 6. The summed E-state index contributed by atoms with van der Waals surface area (Å²) >= 11 is 0. The van der Waals surface area contributed by atoms with Crippen LogP contribution < -0.4 is 24.8 Å². The summed E-state index contributed by atoms with van der Waals surface area (Å²) in [4.78, 5) is 25.3. The number of hydrogen-bond donors (Lipinski definition) is 2. The lowest BCUT2D eigenvalue weighted by Gasteiger charge is -2.11. The molecule has 0 saturated heterocycles. The van der Waals surface area contributed by atoms with Gasteiger partial charge < -0.3 is 29.3 Å². The minimum Gasteiger partial charge on any atom is -0.497 e. The highest BCUT2D eigenvalue weighted by molar-refractivity contribution is 6.10. The molecule has 0 atom stereocenters. The number of carbonyl (C=O) groups is 2. The van der Waals surface area contributed by atoms with E-state index in [-0.39, 0.29) is 18.3 Å². The second-order valence-electron chi connectivity index (χ2n) is 6.28. The Labute approximate surface area is 172 Å². The lowest BCUT2D eigenvalue weighted by molar-refractivity contribution is -0.113. The van der Waals surface area contributed by atoms with Gasteiger partial charge in [0.15, 0.2) is 17.3 Å². The van der Waals surface area contributed by atoms with Gasteiger partial charge in [0.05, 0.1) is 13.4 Å². The second-order valence-corrected chi connectivity index (χ2v) is 6.28. The average Bonchev–Trinajstić information content (AvgIpc) is 3.45. The van der Waals surface area contributed by atoms with Crippen molar-refractivity contribution in [3.63, 3.8) is 0 Å². The zero-order valence-corrected chi connectivity index (χ0v) is 16.0. The van der Waals surface area contributed by atoms with Crippen molar-refractivity contribution in [2.24, 2.45) is 0 Å². The third kappa shape index (κ3) is 4.27. The van der Waals surface area contributed by atoms with Crippen LogP contribution in [0.2, 0.25) is 0 Å². The topological polar surface area (TPSA) is 99.0 Å². The lowest BCUT2D eigenvalue weighted by atomic mass is 10.1. The van der Waals surface area contributed by atoms with Crippen LogP contribution in [0.25, 0.3) is 6.08 Å². The maximum Gasteiger partial charge on any atom is 0.291 e. The Hall–Kier alpha value is -4.20. The predicted molar refractivity (Wildman–Crippen MR) is 108 cm³/mol. The van der Waals surface area contributed by atoms with Crippen molar-refractivity contribution in [2.75, 3.05) is 19.2 Å². The van der Waals surface area contributed by atoms with Crippen LogP contribution >= 0.6 is 0 Å². The van der Waals surface area contributed by atoms with Gasteiger partial charge >= 0.3 is 0 Å². The summed E-state index contributed by atoms with van der Waals surface area (Å²) in [5.74, 6) is 0.890. The molecule has 1 aliphatic rings. The van der Waals surface area contributed by atoms with Crippen LogP contribution in [-0.4, -0.2) is 25.7 Å². The molecule has 1 aliphatic heterocycles. The van der Waals surface area contributed by atoms with E-state index in [1.807, 2.05) is 0 Å². The molecule has 0 unspecified atom stereocenters. The fraction of sp³-hybridized carbons (Fsp3) is 0.0909. The zero-order valence-electron chi connectivity index (χ0n) is 16.0. The standard InChI is InChI=1S/C22H18N2O6/c1-27-16-7-5-15(6-8-16)23-21(25)17(24-22(26)19-3-2-10-28-19)11-14-4-9-18-20(12-14)30-13-29-18/h2-12H,13H2,1H3,(H,23,25)(H,24,26). The molecule has 0 fully saturated rings. The first-order valence-electron chi connectivity index (χ1n) is 9.04. The minimum atomic E-state index is -0.545. The molecule has 1 aromatic heterocycles. The van der Waals surface area contributed by atoms with Gasteiger partial charge in [-0.3, -0.25) is 9.59 Å². The van der Waals surface area contributed by atoms with E-state index in [1.165, 1.54) is 12.3 Å². The van der Waals surface area contributed by atoms with Gasteiger partial charge in [0, 0.05) is 5.69 Å². The third-order valence-corrected chi connectivity index (χ3v) is 4.29. The Bertz CT molecular complexity index is 1090. The number of hydrogen-bond acceptors (Lipinski definition) is 6. The molecule has 152 valence electrons. The predicted octanol–water partition coefficient (Wildman–Crippen LogP) is 3.43. The van der Waals surface area contributed by atoms with E-state index in [1.54, 1.807) is 61.7 Å². The zero-order chi connectivity index (χ0) is 20.9. The van der Waals surface area contributed by atoms with Crippen molar-refractivity contribution in [3.05, 3.63) is 77.9 Å². The van der Waals surface area contributed by atoms with Crippen LogP contribution in [0.1, 0.15) is 16.1 Å². The SMILES string of the molecule is COc1ccc(NC(=O)C(=Cc2ccc3c(c2)OCO3)NC(=O)c2ccco2)cc1. The van der Waals surface area contributed by atoms with E-state index < -0.39 is 11.8 Å². The second kappa shape index (κ2) is 8.44. The number of carbonyl (C=O) groups excluding carboxylic acids is 2. The van der Waals surface area contributed by atoms with Gasteiger partial charge in [0.2, 0.25) is 6.79 Å². The highest BCUT2D eigenvalue weighted by Gasteiger charge is 2.18. The van der Waals surface area contributed by atoms with Crippen molar-refractivity contribution in [1.29, 1.82) is 0 Å². The summed E-state index contributed by atoms with van der Waals surface area (Å²) in [7, 11) is 1.56. The van der Waals surface area contributed by atoms with Gasteiger partial charge in [0.1, 0.15) is 11.4 Å². The van der Waals surface area contributed by atoms with Crippen molar-refractivity contribution >= 4 is 23.6 Å². The van der Waals surface area contributed by atoms with Gasteiger partial charge in [-0.25, -0.2) is 0 Å². The van der Waals surface area contributed by atoms with Crippen molar-refractivity contribution in [1.82, 2.24) is 5.32 Å². The average molecular weight is 406 g/mol. The highest BCUT2D eigenvalue weighted by atomic mass is 16.7. The summed E-state index contributed by atoms with van der Waals surface area (Å²) in [6.07, 6.45) is 2.93. The molecule has 0 spiro atoms. The summed E-state index contributed by atoms with van der Waals surface area (Å²) in [6, 6.07) is 15.2. The molecule has 3 aromatic rings. The van der Waals surface area contributed by atoms with Crippen molar-refractivity contribution in [3.8, 4) is 17.2 Å². The molecule has 2 heterocycles. The summed E-state index contributed by atoms with van der Waals surface area (Å²) in [6.45, 7) is 0.141. The Balaban J connectivity index is 1.60. The third-order valence-electron chi connectivity index (χ3n) is 4.29. The number of ether oxygens (including phenoxy) is 3. The van der Waals surface area contributed by atoms with Crippen LogP contribution in [0.5, 0.6) is 17.2 Å². The van der Waals surface area contributed by atoms with Gasteiger partial charge in [-0.2, -0.15) is 0 Å². The first-order valence-corrected chi connectivity index (χ1v) is 9.04. The Morgan fingerprint density at radius 2 is 1.83 bits per heavy atom. The van der Waals surface area contributed by atoms with Gasteiger partial charge in [-0.15, -0.1) is 0 Å². The molecule has 4 rings (SSSR count). The van der Waals surface area contributed by atoms with E-state index in [4.69, 9.17) is 18.6 Å². The molecule has 8 nitrogen and oxygen atoms in total. The van der Waals surface area contributed by atoms with E-state index in [2.05, 4.69) is 10.6 Å². The molecular formula is C22H18N2O6. The quantitative estimate of drug-likeness (QED) is 0.609. The molecule has 2 N–H and O–H groups in total. The van der Waals surface area contributed by atoms with E-state index in [0.717, 1.165) is 0 Å². The summed E-state index contributed by atoms with van der Waals surface area (Å²) in [5.41, 5.74) is 1.23. The number of fused-ring (bicyclic) bond motifs is 1. The largest absolute Gasteiger partial charge is 0.497 e. The van der Waals surface area contributed by atoms with Gasteiger partial charge in [0.25, 0.3) is 11.8 Å². The lowest BCUT2D eigenvalue weighted by Crippen LogP contribution is -2.30. The smallest absolute Gasteiger partial charge is 0.291 e. The maximum absolute atomic E-state index is 12.9. The normalized spacial score (nSPS) is 12.4. The fourth-order valence-electron chi connectivity index (χ4n) is 2.79. The molecule has 0 bridgehead atoms. The molecule has 0 saturated carbocycles. The molecular weight excluding hydrogens is 388 g/mol. The van der Waals surface area contributed by atoms with Crippen LogP contribution in [0.3, 0.4) is 0 Å². The Kier molecular flexibility index (Phi) is 5.38. The highest BCUT2D eigenvalue weighted by Crippen LogP contribution is 2.33. The summed E-state index contributed by atoms with van der Waals surface area (Å²) < 4.78 is 20.9. The first kappa shape index (κ1) is 19.1. The minimum absolute atomic E-state index is 0.0334. The van der Waals surface area contributed by atoms with Crippen molar-refractivity contribution in [2.45, 2.75) is 0 Å². The number of anilines is 1. The van der Waals surface area contributed by atoms with Crippen LogP contribution in [0.4, 0.5) is 5.69 Å². The molecule has 30 heavy (non-hydrogen) atoms. The number of furan rings is 1. The molecule has 2 aromatic carbocycles. The fourth-order valence-corrected chi connectivity index (χ4v) is 2.79. The van der Waals surface area contributed by atoms with Gasteiger partial charge in [-0.1, -0.05) is 6.07 Å². The van der Waals surface area contributed by atoms with Gasteiger partial charge in [-0.05, 0) is 60.2 Å². The monoisotopic (exact) mass is 406 g/mol. The van der Waals surface area contributed by atoms with E-state index >= 15 is 0 Å². The van der Waals surface area contributed by atoms with E-state index in [0.29, 0.717) is 28.5 Å². The Morgan fingerprint density at radius 1 is 1.03 bits per heavy atom. The van der Waals surface area contributed by atoms with Crippen LogP contribution in [0.15, 0.2) is 71.0 Å². The van der Waals surface area contributed by atoms with Crippen LogP contribution in [0, 0.1) is 0 Å². The first-order chi connectivity index (χ1) is 14.6. The number of amides is 2. The van der Waals surface area contributed by atoms with E-state index in [9.17, 15) is 9.59 Å². The number of methoxy groups -OCH3 is 1. The molecule has 0 aliphatic carbocycles. The molecule has 8 heteroatoms. The van der Waals surface area contributed by atoms with Crippen LogP contribution in [-0.2, 0) is 4.79 Å². The Morgan fingerprint density at radius 3 is 2.57 bits per heavy atom. The number of benzene rings is 2. The molecule has 0 radical (unpaired) electrons. The molecule has 2 amide bonds. The van der Waals surface area contributed by atoms with Crippen molar-refractivity contribution < 1.29 is 28.2 Å². The maximum atomic E-state index is 12.9.